The van der Waals surface area contributed by atoms with E-state index in [4.69, 9.17) is 16.9 Å². The number of hydrogen-bond donors (Lipinski definition) is 1. The van der Waals surface area contributed by atoms with Crippen molar-refractivity contribution in [1.82, 2.24) is 5.32 Å². The van der Waals surface area contributed by atoms with Gasteiger partial charge in [-0.1, -0.05) is 29.8 Å². The molecule has 0 amide bonds. The molecule has 0 saturated carbocycles. The first kappa shape index (κ1) is 10.5. The molecule has 2 nitrogen and oxygen atoms in total. The van der Waals surface area contributed by atoms with E-state index in [2.05, 4.69) is 11.4 Å². The fourth-order valence-corrected chi connectivity index (χ4v) is 1.65. The standard InChI is InChI=1S/C13H9ClN2/c14-12-3-1-2-8-16-13(12)11-6-4-10(9-15)5-7-11/h1-8,16H. The second kappa shape index (κ2) is 4.69. The van der Waals surface area contributed by atoms with Crippen molar-refractivity contribution in [2.45, 2.75) is 0 Å². The molecule has 1 N–H and O–H groups in total. The highest BCUT2D eigenvalue weighted by Crippen LogP contribution is 2.21. The number of halogens is 1. The molecule has 3 heteroatoms. The average molecular weight is 229 g/mol. The molecule has 0 saturated heterocycles. The summed E-state index contributed by atoms with van der Waals surface area (Å²) in [6, 6.07) is 9.37. The molecule has 1 aliphatic rings. The molecule has 0 radical (unpaired) electrons. The zero-order valence-electron chi connectivity index (χ0n) is 8.44. The molecule has 1 heterocycles. The fraction of sp³-hybridized carbons (Fsp3) is 0. The number of hydrogen-bond acceptors (Lipinski definition) is 2. The second-order valence-corrected chi connectivity index (χ2v) is 3.68. The van der Waals surface area contributed by atoms with Crippen molar-refractivity contribution < 1.29 is 0 Å². The van der Waals surface area contributed by atoms with E-state index in [0.29, 0.717) is 10.6 Å². The van der Waals surface area contributed by atoms with E-state index in [1.807, 2.05) is 36.6 Å². The van der Waals surface area contributed by atoms with Gasteiger partial charge in [0.25, 0.3) is 0 Å². The van der Waals surface area contributed by atoms with Crippen molar-refractivity contribution >= 4 is 17.3 Å². The lowest BCUT2D eigenvalue weighted by molar-refractivity contribution is 1.22. The van der Waals surface area contributed by atoms with E-state index in [9.17, 15) is 0 Å². The molecule has 0 fully saturated rings. The summed E-state index contributed by atoms with van der Waals surface area (Å²) >= 11 is 6.12. The number of rotatable bonds is 1. The molecule has 0 aliphatic carbocycles. The fourth-order valence-electron chi connectivity index (χ4n) is 1.41. The van der Waals surface area contributed by atoms with Crippen LogP contribution in [0.2, 0.25) is 0 Å². The first-order valence-electron chi connectivity index (χ1n) is 4.81. The lowest BCUT2D eigenvalue weighted by atomic mass is 10.1. The summed E-state index contributed by atoms with van der Waals surface area (Å²) in [6.07, 6.45) is 7.38. The van der Waals surface area contributed by atoms with Gasteiger partial charge in [0.2, 0.25) is 0 Å². The largest absolute Gasteiger partial charge is 0.360 e. The summed E-state index contributed by atoms with van der Waals surface area (Å²) in [4.78, 5) is 0. The Morgan fingerprint density at radius 2 is 1.88 bits per heavy atom. The van der Waals surface area contributed by atoms with Gasteiger partial charge in [0.1, 0.15) is 0 Å². The zero-order valence-corrected chi connectivity index (χ0v) is 9.20. The Balaban J connectivity index is 2.40. The van der Waals surface area contributed by atoms with Gasteiger partial charge in [0.05, 0.1) is 22.4 Å². The maximum absolute atomic E-state index is 8.71. The third-order valence-electron chi connectivity index (χ3n) is 2.22. The highest BCUT2D eigenvalue weighted by Gasteiger charge is 2.05. The molecule has 0 aromatic heterocycles. The van der Waals surface area contributed by atoms with Crippen molar-refractivity contribution in [2.24, 2.45) is 0 Å². The number of nitrogens with one attached hydrogen (secondary N) is 1. The van der Waals surface area contributed by atoms with Crippen molar-refractivity contribution in [3.8, 4) is 6.07 Å². The highest BCUT2D eigenvalue weighted by molar-refractivity contribution is 6.34. The Bertz CT molecular complexity index is 516. The molecule has 2 rings (SSSR count). The zero-order chi connectivity index (χ0) is 11.4. The minimum absolute atomic E-state index is 0.639. The number of benzene rings is 1. The topological polar surface area (TPSA) is 35.8 Å². The lowest BCUT2D eigenvalue weighted by Crippen LogP contribution is -2.04. The molecular formula is C13H9ClN2. The van der Waals surface area contributed by atoms with Crippen molar-refractivity contribution in [1.29, 1.82) is 5.26 Å². The van der Waals surface area contributed by atoms with Gasteiger partial charge >= 0.3 is 0 Å². The van der Waals surface area contributed by atoms with Crippen LogP contribution in [0.3, 0.4) is 0 Å². The van der Waals surface area contributed by atoms with Gasteiger partial charge < -0.3 is 5.32 Å². The summed E-state index contributed by atoms with van der Waals surface area (Å²) in [5, 5.41) is 12.5. The molecule has 0 unspecified atom stereocenters. The van der Waals surface area contributed by atoms with Crippen LogP contribution in [0.4, 0.5) is 0 Å². The third-order valence-corrected chi connectivity index (χ3v) is 2.53. The van der Waals surface area contributed by atoms with Crippen LogP contribution >= 0.6 is 11.6 Å². The van der Waals surface area contributed by atoms with E-state index in [-0.39, 0.29) is 0 Å². The quantitative estimate of drug-likeness (QED) is 0.802. The summed E-state index contributed by atoms with van der Waals surface area (Å²) < 4.78 is 0. The first-order chi connectivity index (χ1) is 7.81. The van der Waals surface area contributed by atoms with Gasteiger partial charge in [-0.2, -0.15) is 5.26 Å². The first-order valence-corrected chi connectivity index (χ1v) is 5.19. The molecule has 0 bridgehead atoms. The summed E-state index contributed by atoms with van der Waals surface area (Å²) in [7, 11) is 0. The molecule has 1 aromatic rings. The van der Waals surface area contributed by atoms with Gasteiger partial charge in [0, 0.05) is 6.20 Å². The second-order valence-electron chi connectivity index (χ2n) is 3.27. The van der Waals surface area contributed by atoms with E-state index in [0.717, 1.165) is 11.3 Å². The predicted molar refractivity (Wildman–Crippen MR) is 65.3 cm³/mol. The Labute approximate surface area is 99.2 Å². The average Bonchev–Trinajstić information content (AvgIpc) is 2.54. The van der Waals surface area contributed by atoms with Gasteiger partial charge in [-0.3, -0.25) is 0 Å². The normalized spacial score (nSPS) is 14.2. The summed E-state index contributed by atoms with van der Waals surface area (Å²) in [6.45, 7) is 0. The van der Waals surface area contributed by atoms with E-state index in [1.54, 1.807) is 12.1 Å². The van der Waals surface area contributed by atoms with Crippen molar-refractivity contribution in [3.05, 3.63) is 64.9 Å². The van der Waals surface area contributed by atoms with E-state index < -0.39 is 0 Å². The van der Waals surface area contributed by atoms with E-state index >= 15 is 0 Å². The van der Waals surface area contributed by atoms with Crippen LogP contribution < -0.4 is 5.32 Å². The smallest absolute Gasteiger partial charge is 0.0991 e. The maximum Gasteiger partial charge on any atom is 0.0991 e. The lowest BCUT2D eigenvalue weighted by Gasteiger charge is -2.08. The third kappa shape index (κ3) is 2.16. The van der Waals surface area contributed by atoms with Crippen LogP contribution in [0.1, 0.15) is 11.1 Å². The Kier molecular flexibility index (Phi) is 3.09. The van der Waals surface area contributed by atoms with Crippen molar-refractivity contribution in [3.63, 3.8) is 0 Å². The SMILES string of the molecule is N#Cc1ccc(C2=C(Cl)C=CC=CN2)cc1. The minimum atomic E-state index is 0.639. The van der Waals surface area contributed by atoms with Gasteiger partial charge in [-0.15, -0.1) is 0 Å². The molecule has 0 spiro atoms. The minimum Gasteiger partial charge on any atom is -0.360 e. The molecule has 0 atom stereocenters. The predicted octanol–water partition coefficient (Wildman–Crippen LogP) is 3.14. The van der Waals surface area contributed by atoms with Crippen LogP contribution in [0, 0.1) is 11.3 Å². The van der Waals surface area contributed by atoms with Crippen LogP contribution in [-0.4, -0.2) is 0 Å². The monoisotopic (exact) mass is 228 g/mol. The molecule has 1 aliphatic heterocycles. The van der Waals surface area contributed by atoms with Crippen LogP contribution in [0.25, 0.3) is 5.70 Å². The molecule has 16 heavy (non-hydrogen) atoms. The van der Waals surface area contributed by atoms with Crippen molar-refractivity contribution in [2.75, 3.05) is 0 Å². The number of allylic oxidation sites excluding steroid dienone is 4. The molecular weight excluding hydrogens is 220 g/mol. The molecule has 78 valence electrons. The van der Waals surface area contributed by atoms with Gasteiger partial charge in [-0.25, -0.2) is 0 Å². The number of nitriles is 1. The summed E-state index contributed by atoms with van der Waals surface area (Å²) in [5.41, 5.74) is 2.44. The maximum atomic E-state index is 8.71. The van der Waals surface area contributed by atoms with E-state index in [1.165, 1.54) is 0 Å². The Hall–Kier alpha value is -1.98. The van der Waals surface area contributed by atoms with Crippen LogP contribution in [-0.2, 0) is 0 Å². The Morgan fingerprint density at radius 3 is 2.56 bits per heavy atom. The highest BCUT2D eigenvalue weighted by atomic mass is 35.5. The summed E-state index contributed by atoms with van der Waals surface area (Å²) in [5.74, 6) is 0. The van der Waals surface area contributed by atoms with Crippen LogP contribution in [0.5, 0.6) is 0 Å². The molecule has 1 aromatic carbocycles. The van der Waals surface area contributed by atoms with Gasteiger partial charge in [0.15, 0.2) is 0 Å². The van der Waals surface area contributed by atoms with Crippen LogP contribution in [0.15, 0.2) is 53.7 Å². The Morgan fingerprint density at radius 1 is 1.12 bits per heavy atom. The van der Waals surface area contributed by atoms with Gasteiger partial charge in [-0.05, 0) is 29.8 Å². The number of nitrogens with zero attached hydrogens (tertiary/aromatic N) is 1.